The maximum Gasteiger partial charge on any atom is 0.252 e. The summed E-state index contributed by atoms with van der Waals surface area (Å²) in [6.07, 6.45) is 2.29. The maximum absolute atomic E-state index is 14.0. The fourth-order valence-corrected chi connectivity index (χ4v) is 1.74. The third kappa shape index (κ3) is 4.00. The molecule has 2 aromatic rings. The van der Waals surface area contributed by atoms with Gasteiger partial charge in [-0.25, -0.2) is 9.37 Å². The summed E-state index contributed by atoms with van der Waals surface area (Å²) in [5.74, 6) is -1.90. The van der Waals surface area contributed by atoms with Gasteiger partial charge in [0.25, 0.3) is 5.91 Å². The number of nitrogens with zero attached hydrogens (tertiary/aromatic N) is 2. The van der Waals surface area contributed by atoms with Crippen LogP contribution in [-0.4, -0.2) is 23.3 Å². The van der Waals surface area contributed by atoms with Crippen LogP contribution in [0, 0.1) is 11.2 Å². The number of nitrogens with one attached hydrogen (secondary N) is 3. The molecule has 23 heavy (non-hydrogen) atoms. The van der Waals surface area contributed by atoms with Gasteiger partial charge in [-0.15, -0.1) is 0 Å². The highest BCUT2D eigenvalue weighted by molar-refractivity contribution is 6.14. The Hall–Kier alpha value is -3.49. The van der Waals surface area contributed by atoms with Crippen molar-refractivity contribution in [1.29, 1.82) is 5.41 Å². The molecule has 1 heterocycles. The zero-order valence-electron chi connectivity index (χ0n) is 11.9. The molecule has 1 amide bonds. The molecule has 0 spiro atoms. The summed E-state index contributed by atoms with van der Waals surface area (Å²) in [5.41, 5.74) is 14.3. The van der Waals surface area contributed by atoms with Gasteiger partial charge in [0.1, 0.15) is 5.82 Å². The molecule has 7 N–H and O–H groups in total. The quantitative estimate of drug-likeness (QED) is 0.407. The number of pyridine rings is 1. The van der Waals surface area contributed by atoms with E-state index in [1.807, 2.05) is 0 Å². The number of nitrogen functional groups attached to an aromatic ring is 1. The Morgan fingerprint density at radius 1 is 1.35 bits per heavy atom. The van der Waals surface area contributed by atoms with E-state index in [1.54, 1.807) is 24.3 Å². The second-order valence-corrected chi connectivity index (χ2v) is 4.38. The number of amides is 1. The van der Waals surface area contributed by atoms with Crippen LogP contribution in [0.2, 0.25) is 0 Å². The molecule has 0 atom stereocenters. The Balaban J connectivity index is 2.24. The van der Waals surface area contributed by atoms with Crippen molar-refractivity contribution >= 4 is 41.3 Å². The van der Waals surface area contributed by atoms with Gasteiger partial charge in [0, 0.05) is 11.9 Å². The summed E-state index contributed by atoms with van der Waals surface area (Å²) in [6, 6.07) is 7.72. The zero-order valence-corrected chi connectivity index (χ0v) is 11.9. The van der Waals surface area contributed by atoms with Gasteiger partial charge in [0.15, 0.2) is 11.6 Å². The lowest BCUT2D eigenvalue weighted by Gasteiger charge is -2.10. The lowest BCUT2D eigenvalue weighted by molar-refractivity contribution is 0.100. The molecule has 0 bridgehead atoms. The third-order valence-corrected chi connectivity index (χ3v) is 2.74. The topological polar surface area (TPSA) is 142 Å². The molecule has 0 fully saturated rings. The first-order valence-electron chi connectivity index (χ1n) is 6.42. The molecule has 0 unspecified atom stereocenters. The van der Waals surface area contributed by atoms with E-state index in [9.17, 15) is 9.18 Å². The number of benzene rings is 1. The number of hydrogen-bond acceptors (Lipinski definition) is 7. The van der Waals surface area contributed by atoms with Gasteiger partial charge in [-0.1, -0.05) is 6.07 Å². The van der Waals surface area contributed by atoms with Crippen LogP contribution in [-0.2, 0) is 0 Å². The molecule has 9 heteroatoms. The Morgan fingerprint density at radius 2 is 2.09 bits per heavy atom. The van der Waals surface area contributed by atoms with Gasteiger partial charge >= 0.3 is 0 Å². The van der Waals surface area contributed by atoms with Gasteiger partial charge in [-0.2, -0.15) is 5.10 Å². The van der Waals surface area contributed by atoms with E-state index in [0.29, 0.717) is 11.4 Å². The molecule has 8 nitrogen and oxygen atoms in total. The average molecular weight is 315 g/mol. The van der Waals surface area contributed by atoms with Crippen molar-refractivity contribution in [3.8, 4) is 0 Å². The fraction of sp³-hybridized carbons (Fsp3) is 0. The lowest BCUT2D eigenvalue weighted by Crippen LogP contribution is -2.15. The molecule has 0 saturated carbocycles. The Kier molecular flexibility index (Phi) is 4.82. The molecular formula is C14H14FN7O. The standard InChI is InChI=1S/C14H14FN7O/c15-11-7-10(13(18)23)12(17)21-14(11)20-8-2-1-3-9(6-8)22-19-5-4-16/h1-7,16,22H,(H2,18,23)(H3,17,20,21)/b16-4?,19-5-. The van der Waals surface area contributed by atoms with E-state index < -0.39 is 11.7 Å². The molecule has 0 aliphatic rings. The summed E-state index contributed by atoms with van der Waals surface area (Å²) in [4.78, 5) is 14.9. The van der Waals surface area contributed by atoms with Crippen LogP contribution in [0.15, 0.2) is 35.4 Å². The second-order valence-electron chi connectivity index (χ2n) is 4.38. The van der Waals surface area contributed by atoms with E-state index in [2.05, 4.69) is 20.8 Å². The minimum absolute atomic E-state index is 0.132. The van der Waals surface area contributed by atoms with Crippen molar-refractivity contribution < 1.29 is 9.18 Å². The number of carbonyl (C=O) groups is 1. The number of nitrogens with two attached hydrogens (primary N) is 2. The largest absolute Gasteiger partial charge is 0.383 e. The van der Waals surface area contributed by atoms with E-state index in [4.69, 9.17) is 16.9 Å². The van der Waals surface area contributed by atoms with Crippen LogP contribution >= 0.6 is 0 Å². The number of primary amides is 1. The number of aromatic nitrogens is 1. The predicted molar refractivity (Wildman–Crippen MR) is 87.7 cm³/mol. The smallest absolute Gasteiger partial charge is 0.252 e. The summed E-state index contributed by atoms with van der Waals surface area (Å²) in [6.45, 7) is 0. The number of halogens is 1. The van der Waals surface area contributed by atoms with Gasteiger partial charge < -0.3 is 22.2 Å². The average Bonchev–Trinajstić information content (AvgIpc) is 2.51. The van der Waals surface area contributed by atoms with Crippen molar-refractivity contribution in [2.45, 2.75) is 0 Å². The number of hydrogen-bond donors (Lipinski definition) is 5. The van der Waals surface area contributed by atoms with Gasteiger partial charge in [0.2, 0.25) is 0 Å². The first kappa shape index (κ1) is 15.9. The van der Waals surface area contributed by atoms with Crippen molar-refractivity contribution in [3.63, 3.8) is 0 Å². The van der Waals surface area contributed by atoms with Crippen LogP contribution in [0.5, 0.6) is 0 Å². The highest BCUT2D eigenvalue weighted by Gasteiger charge is 2.13. The van der Waals surface area contributed by atoms with Crippen molar-refractivity contribution in [3.05, 3.63) is 41.7 Å². The molecule has 1 aromatic carbocycles. The second kappa shape index (κ2) is 6.98. The van der Waals surface area contributed by atoms with Gasteiger partial charge in [0.05, 0.1) is 17.5 Å². The molecular weight excluding hydrogens is 301 g/mol. The van der Waals surface area contributed by atoms with Crippen LogP contribution < -0.4 is 22.2 Å². The van der Waals surface area contributed by atoms with Crippen LogP contribution in [0.3, 0.4) is 0 Å². The highest BCUT2D eigenvalue weighted by Crippen LogP contribution is 2.23. The van der Waals surface area contributed by atoms with E-state index in [1.165, 1.54) is 6.21 Å². The minimum atomic E-state index is -0.851. The Bertz CT molecular complexity index is 776. The Morgan fingerprint density at radius 3 is 2.78 bits per heavy atom. The summed E-state index contributed by atoms with van der Waals surface area (Å²) >= 11 is 0. The lowest BCUT2D eigenvalue weighted by atomic mass is 10.2. The Labute approximate surface area is 130 Å². The van der Waals surface area contributed by atoms with E-state index in [0.717, 1.165) is 12.3 Å². The minimum Gasteiger partial charge on any atom is -0.383 e. The number of rotatable bonds is 6. The first-order valence-corrected chi connectivity index (χ1v) is 6.42. The van der Waals surface area contributed by atoms with Gasteiger partial charge in [-0.05, 0) is 24.3 Å². The molecule has 0 radical (unpaired) electrons. The molecule has 2 rings (SSSR count). The molecule has 0 aliphatic heterocycles. The van der Waals surface area contributed by atoms with Crippen molar-refractivity contribution in [2.24, 2.45) is 10.8 Å². The first-order chi connectivity index (χ1) is 11.0. The van der Waals surface area contributed by atoms with Crippen molar-refractivity contribution in [2.75, 3.05) is 16.5 Å². The summed E-state index contributed by atoms with van der Waals surface area (Å²) in [5, 5.41) is 13.3. The monoisotopic (exact) mass is 315 g/mol. The summed E-state index contributed by atoms with van der Waals surface area (Å²) < 4.78 is 14.0. The fourth-order valence-electron chi connectivity index (χ4n) is 1.74. The maximum atomic E-state index is 14.0. The van der Waals surface area contributed by atoms with E-state index >= 15 is 0 Å². The normalized spacial score (nSPS) is 10.5. The van der Waals surface area contributed by atoms with Crippen molar-refractivity contribution in [1.82, 2.24) is 4.98 Å². The predicted octanol–water partition coefficient (Wildman–Crippen LogP) is 1.69. The molecule has 0 saturated heterocycles. The third-order valence-electron chi connectivity index (χ3n) is 2.74. The zero-order chi connectivity index (χ0) is 16.8. The highest BCUT2D eigenvalue weighted by atomic mass is 19.1. The molecule has 1 aromatic heterocycles. The van der Waals surface area contributed by atoms with E-state index in [-0.39, 0.29) is 17.2 Å². The van der Waals surface area contributed by atoms with Crippen LogP contribution in [0.4, 0.5) is 27.4 Å². The SMILES string of the molecule is N=C/C=N\Nc1cccc(Nc2nc(N)c(C(N)=O)cc2F)c1. The number of anilines is 4. The van der Waals surface area contributed by atoms with Gasteiger partial charge in [-0.3, -0.25) is 10.2 Å². The number of carbonyl (C=O) groups excluding carboxylic acids is 1. The summed E-state index contributed by atoms with van der Waals surface area (Å²) in [7, 11) is 0. The number of hydrazone groups is 1. The molecule has 0 aliphatic carbocycles. The van der Waals surface area contributed by atoms with Crippen LogP contribution in [0.1, 0.15) is 10.4 Å². The molecule has 118 valence electrons. The van der Waals surface area contributed by atoms with Crippen LogP contribution in [0.25, 0.3) is 0 Å².